The fourth-order valence-corrected chi connectivity index (χ4v) is 2.85. The molecule has 6 heteroatoms. The number of carbonyl (C=O) groups is 1. The van der Waals surface area contributed by atoms with Crippen LogP contribution in [0.3, 0.4) is 0 Å². The Bertz CT molecular complexity index is 737. The van der Waals surface area contributed by atoms with Crippen molar-refractivity contribution in [2.45, 2.75) is 19.4 Å². The molecule has 0 aliphatic carbocycles. The highest BCUT2D eigenvalue weighted by Gasteiger charge is 2.30. The standard InChI is InChI=1S/C18H18F2N2O2/c1-11-2-3-14(17(20)16(11)19)18(23)22-15-10-24-9-13(15)8-12-4-6-21-7-5-12/h2-7,13,15H,8-10H2,1H3,(H,22,23)/t13-,15+/m1/s1. The van der Waals surface area contributed by atoms with Crippen LogP contribution < -0.4 is 5.32 Å². The molecule has 1 aliphatic rings. The van der Waals surface area contributed by atoms with Crippen LogP contribution in [0.2, 0.25) is 0 Å². The molecule has 0 radical (unpaired) electrons. The van der Waals surface area contributed by atoms with Crippen LogP contribution in [0.15, 0.2) is 36.7 Å². The summed E-state index contributed by atoms with van der Waals surface area (Å²) in [6, 6.07) is 6.27. The molecule has 0 bridgehead atoms. The van der Waals surface area contributed by atoms with E-state index in [1.54, 1.807) is 12.4 Å². The van der Waals surface area contributed by atoms with Gasteiger partial charge in [-0.2, -0.15) is 0 Å². The number of ether oxygens (including phenoxy) is 1. The van der Waals surface area contributed by atoms with E-state index in [-0.39, 0.29) is 23.1 Å². The Labute approximate surface area is 138 Å². The van der Waals surface area contributed by atoms with Crippen LogP contribution in [-0.4, -0.2) is 30.1 Å². The number of pyridine rings is 1. The van der Waals surface area contributed by atoms with E-state index < -0.39 is 17.5 Å². The first-order valence-electron chi connectivity index (χ1n) is 7.78. The zero-order chi connectivity index (χ0) is 17.1. The van der Waals surface area contributed by atoms with Gasteiger partial charge >= 0.3 is 0 Å². The van der Waals surface area contributed by atoms with Gasteiger partial charge in [0.05, 0.1) is 24.8 Å². The van der Waals surface area contributed by atoms with E-state index in [2.05, 4.69) is 10.3 Å². The Balaban J connectivity index is 1.70. The molecule has 1 aromatic heterocycles. The van der Waals surface area contributed by atoms with Gasteiger partial charge in [0, 0.05) is 18.3 Å². The molecule has 0 saturated carbocycles. The van der Waals surface area contributed by atoms with Crippen molar-refractivity contribution in [2.75, 3.05) is 13.2 Å². The molecule has 3 rings (SSSR count). The van der Waals surface area contributed by atoms with Crippen LogP contribution in [-0.2, 0) is 11.2 Å². The molecule has 1 saturated heterocycles. The summed E-state index contributed by atoms with van der Waals surface area (Å²) in [5.74, 6) is -2.65. The highest BCUT2D eigenvalue weighted by atomic mass is 19.2. The average molecular weight is 332 g/mol. The molecule has 1 aromatic carbocycles. The number of nitrogens with zero attached hydrogens (tertiary/aromatic N) is 1. The Morgan fingerprint density at radius 2 is 1.96 bits per heavy atom. The Morgan fingerprint density at radius 3 is 2.71 bits per heavy atom. The van der Waals surface area contributed by atoms with Crippen LogP contribution in [0.4, 0.5) is 8.78 Å². The van der Waals surface area contributed by atoms with Gasteiger partial charge in [0.2, 0.25) is 0 Å². The predicted molar refractivity (Wildman–Crippen MR) is 84.6 cm³/mol. The zero-order valence-electron chi connectivity index (χ0n) is 13.3. The van der Waals surface area contributed by atoms with Crippen molar-refractivity contribution in [1.82, 2.24) is 10.3 Å². The third-order valence-electron chi connectivity index (χ3n) is 4.28. The maximum absolute atomic E-state index is 14.0. The van der Waals surface area contributed by atoms with Gasteiger partial charge in [-0.1, -0.05) is 6.07 Å². The number of amides is 1. The highest BCUT2D eigenvalue weighted by molar-refractivity contribution is 5.94. The number of rotatable bonds is 4. The molecule has 1 amide bonds. The summed E-state index contributed by atoms with van der Waals surface area (Å²) in [7, 11) is 0. The van der Waals surface area contributed by atoms with Gasteiger partial charge in [-0.25, -0.2) is 8.78 Å². The smallest absolute Gasteiger partial charge is 0.254 e. The molecule has 1 aliphatic heterocycles. The van der Waals surface area contributed by atoms with Crippen LogP contribution >= 0.6 is 0 Å². The molecule has 1 fully saturated rings. The maximum atomic E-state index is 14.0. The molecule has 4 nitrogen and oxygen atoms in total. The number of hydrogen-bond acceptors (Lipinski definition) is 3. The first-order chi connectivity index (χ1) is 11.6. The lowest BCUT2D eigenvalue weighted by molar-refractivity contribution is 0.0920. The van der Waals surface area contributed by atoms with Gasteiger partial charge < -0.3 is 10.1 Å². The van der Waals surface area contributed by atoms with E-state index in [0.29, 0.717) is 13.2 Å². The topological polar surface area (TPSA) is 51.2 Å². The quantitative estimate of drug-likeness (QED) is 0.936. The normalized spacial score (nSPS) is 20.1. The van der Waals surface area contributed by atoms with Crippen LogP contribution in [0.25, 0.3) is 0 Å². The van der Waals surface area contributed by atoms with E-state index in [1.807, 2.05) is 12.1 Å². The fourth-order valence-electron chi connectivity index (χ4n) is 2.85. The number of carbonyl (C=O) groups excluding carboxylic acids is 1. The minimum Gasteiger partial charge on any atom is -0.379 e. The third kappa shape index (κ3) is 3.43. The third-order valence-corrected chi connectivity index (χ3v) is 4.28. The molecule has 2 atom stereocenters. The lowest BCUT2D eigenvalue weighted by atomic mass is 9.95. The molecule has 24 heavy (non-hydrogen) atoms. The lowest BCUT2D eigenvalue weighted by Gasteiger charge is -2.19. The number of benzene rings is 1. The van der Waals surface area contributed by atoms with E-state index in [9.17, 15) is 13.6 Å². The summed E-state index contributed by atoms with van der Waals surface area (Å²) in [4.78, 5) is 16.3. The van der Waals surface area contributed by atoms with Crippen molar-refractivity contribution < 1.29 is 18.3 Å². The van der Waals surface area contributed by atoms with Gasteiger partial charge in [0.1, 0.15) is 0 Å². The van der Waals surface area contributed by atoms with E-state index >= 15 is 0 Å². The fraction of sp³-hybridized carbons (Fsp3) is 0.333. The summed E-state index contributed by atoms with van der Waals surface area (Å²) in [5.41, 5.74) is 0.976. The van der Waals surface area contributed by atoms with Gasteiger partial charge in [-0.3, -0.25) is 9.78 Å². The molecule has 0 unspecified atom stereocenters. The van der Waals surface area contributed by atoms with Gasteiger partial charge in [-0.05, 0) is 42.7 Å². The Morgan fingerprint density at radius 1 is 1.21 bits per heavy atom. The van der Waals surface area contributed by atoms with Crippen molar-refractivity contribution in [3.63, 3.8) is 0 Å². The first-order valence-corrected chi connectivity index (χ1v) is 7.78. The summed E-state index contributed by atoms with van der Waals surface area (Å²) in [6.45, 7) is 2.32. The summed E-state index contributed by atoms with van der Waals surface area (Å²) in [6.07, 6.45) is 4.14. The van der Waals surface area contributed by atoms with E-state index in [0.717, 1.165) is 12.0 Å². The Hall–Kier alpha value is -2.34. The van der Waals surface area contributed by atoms with Gasteiger partial charge in [0.15, 0.2) is 11.6 Å². The van der Waals surface area contributed by atoms with Crippen LogP contribution in [0, 0.1) is 24.5 Å². The van der Waals surface area contributed by atoms with Crippen LogP contribution in [0.1, 0.15) is 21.5 Å². The maximum Gasteiger partial charge on any atom is 0.254 e. The summed E-state index contributed by atoms with van der Waals surface area (Å²) >= 11 is 0. The van der Waals surface area contributed by atoms with Crippen molar-refractivity contribution in [1.29, 1.82) is 0 Å². The van der Waals surface area contributed by atoms with Crippen molar-refractivity contribution >= 4 is 5.91 Å². The summed E-state index contributed by atoms with van der Waals surface area (Å²) in [5, 5.41) is 2.77. The minimum absolute atomic E-state index is 0.0784. The molecule has 126 valence electrons. The molecular formula is C18H18F2N2O2. The largest absolute Gasteiger partial charge is 0.379 e. The average Bonchev–Trinajstić information content (AvgIpc) is 3.00. The van der Waals surface area contributed by atoms with E-state index in [4.69, 9.17) is 4.74 Å². The minimum atomic E-state index is -1.11. The molecule has 2 heterocycles. The second-order valence-electron chi connectivity index (χ2n) is 6.00. The lowest BCUT2D eigenvalue weighted by Crippen LogP contribution is -2.41. The summed E-state index contributed by atoms with van der Waals surface area (Å²) < 4.78 is 33.1. The molecule has 0 spiro atoms. The van der Waals surface area contributed by atoms with E-state index in [1.165, 1.54) is 19.1 Å². The number of hydrogen-bond donors (Lipinski definition) is 1. The predicted octanol–water partition coefficient (Wildman–Crippen LogP) is 2.66. The van der Waals surface area contributed by atoms with Crippen LogP contribution in [0.5, 0.6) is 0 Å². The number of aromatic nitrogens is 1. The van der Waals surface area contributed by atoms with Crippen molar-refractivity contribution in [3.8, 4) is 0 Å². The van der Waals surface area contributed by atoms with Crippen molar-refractivity contribution in [2.24, 2.45) is 5.92 Å². The van der Waals surface area contributed by atoms with Crippen molar-refractivity contribution in [3.05, 3.63) is 65.0 Å². The monoisotopic (exact) mass is 332 g/mol. The zero-order valence-corrected chi connectivity index (χ0v) is 13.3. The second kappa shape index (κ2) is 7.05. The number of aryl methyl sites for hydroxylation is 1. The first kappa shape index (κ1) is 16.5. The van der Waals surface area contributed by atoms with Gasteiger partial charge in [-0.15, -0.1) is 0 Å². The molecule has 1 N–H and O–H groups in total. The molecular weight excluding hydrogens is 314 g/mol. The Kier molecular flexibility index (Phi) is 4.85. The number of halogens is 2. The SMILES string of the molecule is Cc1ccc(C(=O)N[C@H]2COC[C@H]2Cc2ccncc2)c(F)c1F. The van der Waals surface area contributed by atoms with Gasteiger partial charge in [0.25, 0.3) is 5.91 Å². The number of nitrogens with one attached hydrogen (secondary N) is 1. The highest BCUT2D eigenvalue weighted by Crippen LogP contribution is 2.21. The molecule has 2 aromatic rings. The second-order valence-corrected chi connectivity index (χ2v) is 6.00.